The van der Waals surface area contributed by atoms with Crippen LogP contribution >= 0.6 is 7.60 Å². The molecule has 0 aliphatic carbocycles. The first kappa shape index (κ1) is 34.6. The van der Waals surface area contributed by atoms with E-state index >= 15 is 0 Å². The van der Waals surface area contributed by atoms with Crippen LogP contribution in [0.15, 0.2) is 24.3 Å². The van der Waals surface area contributed by atoms with Crippen LogP contribution in [0.25, 0.3) is 0 Å². The molecule has 0 fully saturated rings. The summed E-state index contributed by atoms with van der Waals surface area (Å²) in [5.74, 6) is -0.892. The van der Waals surface area contributed by atoms with Crippen LogP contribution in [0.4, 0.5) is 0 Å². The number of carbonyl (C=O) groups excluding carboxylic acids is 1. The lowest BCUT2D eigenvalue weighted by Gasteiger charge is -2.37. The van der Waals surface area contributed by atoms with Crippen LogP contribution in [0, 0.1) is 0 Å². The van der Waals surface area contributed by atoms with E-state index in [9.17, 15) is 19.4 Å². The second-order valence-electron chi connectivity index (χ2n) is 11.1. The van der Waals surface area contributed by atoms with Crippen molar-refractivity contribution in [2.45, 2.75) is 103 Å². The first-order valence-corrected chi connectivity index (χ1v) is 15.9. The summed E-state index contributed by atoms with van der Waals surface area (Å²) >= 11 is 0. The molecular weight excluding hydrogens is 505 g/mol. The smallest absolute Gasteiger partial charge is 0.383 e. The summed E-state index contributed by atoms with van der Waals surface area (Å²) in [4.78, 5) is 22.0. The Kier molecular flexibility index (Phi) is 17.1. The van der Waals surface area contributed by atoms with Crippen LogP contribution in [0.3, 0.4) is 0 Å². The third kappa shape index (κ3) is 15.2. The molecular formula is C29H52NO7P. The normalized spacial score (nSPS) is 15.0. The van der Waals surface area contributed by atoms with Crippen molar-refractivity contribution >= 4 is 13.6 Å². The SMILES string of the molecule is CCCCCCCCCCCCCOc1cccc(CC(COP(=O)(O)C(C[O-])[N+](C)(C)C)OC(C)=O)c1. The largest absolute Gasteiger partial charge is 0.850 e. The van der Waals surface area contributed by atoms with Gasteiger partial charge in [0.15, 0.2) is 5.78 Å². The van der Waals surface area contributed by atoms with E-state index in [0.717, 1.165) is 24.2 Å². The topological polar surface area (TPSA) is 105 Å². The van der Waals surface area contributed by atoms with E-state index in [4.69, 9.17) is 14.0 Å². The molecule has 1 aromatic rings. The summed E-state index contributed by atoms with van der Waals surface area (Å²) in [6.07, 6.45) is 13.6. The van der Waals surface area contributed by atoms with Gasteiger partial charge in [-0.1, -0.05) is 89.9 Å². The number of nitrogens with zero attached hydrogens (tertiary/aromatic N) is 1. The molecule has 1 rings (SSSR count). The maximum Gasteiger partial charge on any atom is 0.383 e. The Morgan fingerprint density at radius 1 is 1.00 bits per heavy atom. The second kappa shape index (κ2) is 18.8. The van der Waals surface area contributed by atoms with Gasteiger partial charge in [0, 0.05) is 13.3 Å². The maximum absolute atomic E-state index is 12.7. The molecule has 38 heavy (non-hydrogen) atoms. The molecule has 8 nitrogen and oxygen atoms in total. The van der Waals surface area contributed by atoms with Crippen LogP contribution in [-0.4, -0.2) is 68.2 Å². The molecule has 0 saturated carbocycles. The number of hydrogen-bond acceptors (Lipinski definition) is 6. The minimum Gasteiger partial charge on any atom is -0.850 e. The van der Waals surface area contributed by atoms with Crippen molar-refractivity contribution in [2.75, 3.05) is 41.0 Å². The minimum atomic E-state index is -4.23. The van der Waals surface area contributed by atoms with E-state index < -0.39 is 32.1 Å². The number of carbonyl (C=O) groups is 1. The molecule has 0 radical (unpaired) electrons. The van der Waals surface area contributed by atoms with E-state index in [-0.39, 0.29) is 11.1 Å². The quantitative estimate of drug-likeness (QED) is 0.0875. The van der Waals surface area contributed by atoms with E-state index in [1.165, 1.54) is 64.7 Å². The first-order chi connectivity index (χ1) is 18.0. The van der Waals surface area contributed by atoms with Gasteiger partial charge in [0.2, 0.25) is 0 Å². The Balaban J connectivity index is 2.47. The molecule has 0 aliphatic heterocycles. The summed E-state index contributed by atoms with van der Waals surface area (Å²) in [6.45, 7) is 3.14. The highest BCUT2D eigenvalue weighted by molar-refractivity contribution is 7.53. The molecule has 3 atom stereocenters. The zero-order valence-corrected chi connectivity index (χ0v) is 25.3. The van der Waals surface area contributed by atoms with E-state index in [0.29, 0.717) is 13.0 Å². The fourth-order valence-electron chi connectivity index (χ4n) is 4.38. The molecule has 0 saturated heterocycles. The molecule has 1 N–H and O–H groups in total. The number of unbranched alkanes of at least 4 members (excludes halogenated alkanes) is 10. The van der Waals surface area contributed by atoms with Gasteiger partial charge in [-0.25, -0.2) is 0 Å². The monoisotopic (exact) mass is 557 g/mol. The van der Waals surface area contributed by atoms with Crippen molar-refractivity contribution < 1.29 is 37.8 Å². The number of esters is 1. The van der Waals surface area contributed by atoms with Gasteiger partial charge in [-0.15, -0.1) is 0 Å². The Labute approximate surface area is 230 Å². The zero-order valence-electron chi connectivity index (χ0n) is 24.4. The number of rotatable bonds is 22. The number of benzene rings is 1. The van der Waals surface area contributed by atoms with Crippen LogP contribution in [0.2, 0.25) is 0 Å². The number of likely N-dealkylation sites (N-methyl/N-ethyl adjacent to an activating group) is 1. The van der Waals surface area contributed by atoms with Crippen LogP contribution < -0.4 is 9.84 Å². The van der Waals surface area contributed by atoms with Crippen LogP contribution in [0.1, 0.15) is 90.0 Å². The van der Waals surface area contributed by atoms with Crippen molar-refractivity contribution in [2.24, 2.45) is 0 Å². The van der Waals surface area contributed by atoms with Gasteiger partial charge in [0.1, 0.15) is 11.9 Å². The fourth-order valence-corrected chi connectivity index (χ4v) is 6.00. The van der Waals surface area contributed by atoms with Crippen molar-refractivity contribution in [1.82, 2.24) is 0 Å². The van der Waals surface area contributed by atoms with Gasteiger partial charge in [0.05, 0.1) is 34.4 Å². The molecule has 0 aromatic heterocycles. The maximum atomic E-state index is 12.7. The molecule has 0 bridgehead atoms. The predicted molar refractivity (Wildman–Crippen MR) is 150 cm³/mol. The summed E-state index contributed by atoms with van der Waals surface area (Å²) < 4.78 is 29.3. The van der Waals surface area contributed by atoms with E-state index in [2.05, 4.69) is 6.92 Å². The fraction of sp³-hybridized carbons (Fsp3) is 0.759. The van der Waals surface area contributed by atoms with Crippen molar-refractivity contribution in [1.29, 1.82) is 0 Å². The average molecular weight is 558 g/mol. The highest BCUT2D eigenvalue weighted by Crippen LogP contribution is 2.49. The van der Waals surface area contributed by atoms with E-state index in [1.807, 2.05) is 24.3 Å². The van der Waals surface area contributed by atoms with Gasteiger partial charge in [0.25, 0.3) is 0 Å². The summed E-state index contributed by atoms with van der Waals surface area (Å²) in [7, 11) is 0.772. The lowest BCUT2D eigenvalue weighted by molar-refractivity contribution is -0.889. The molecule has 9 heteroatoms. The third-order valence-corrected chi connectivity index (χ3v) is 8.69. The lowest BCUT2D eigenvalue weighted by Crippen LogP contribution is -2.50. The number of hydrogen-bond donors (Lipinski definition) is 1. The molecule has 1 aromatic carbocycles. The summed E-state index contributed by atoms with van der Waals surface area (Å²) in [6, 6.07) is 7.54. The van der Waals surface area contributed by atoms with Crippen molar-refractivity contribution in [3.8, 4) is 5.75 Å². The Hall–Kier alpha value is -1.44. The lowest BCUT2D eigenvalue weighted by atomic mass is 10.1. The standard InChI is InChI=1S/C29H52NO7P/c1-6-7-8-9-10-11-12-13-14-15-16-20-35-27-19-17-18-26(21-27)22-28(37-25(2)32)24-36-38(33,34)29(23-31)30(3,4)5/h17-19,21,28-29H,6-16,20,22-24H2,1-5H3,(H,33,34). The molecule has 0 amide bonds. The van der Waals surface area contributed by atoms with Gasteiger partial charge in [-0.05, 0) is 24.1 Å². The summed E-state index contributed by atoms with van der Waals surface area (Å²) in [5, 5.41) is 11.6. The second-order valence-corrected chi connectivity index (χ2v) is 13.1. The molecule has 0 aliphatic rings. The third-order valence-electron chi connectivity index (χ3n) is 6.58. The summed E-state index contributed by atoms with van der Waals surface area (Å²) in [5.41, 5.74) is 0.857. The zero-order chi connectivity index (χ0) is 28.4. The Bertz CT molecular complexity index is 827. The van der Waals surface area contributed by atoms with Crippen LogP contribution in [-0.2, 0) is 25.0 Å². The molecule has 0 spiro atoms. The highest BCUT2D eigenvalue weighted by atomic mass is 31.2. The minimum absolute atomic E-state index is 0.00593. The van der Waals surface area contributed by atoms with E-state index in [1.54, 1.807) is 21.1 Å². The molecule has 0 heterocycles. The van der Waals surface area contributed by atoms with Gasteiger partial charge >= 0.3 is 13.6 Å². The number of quaternary nitrogens is 1. The Morgan fingerprint density at radius 2 is 1.58 bits per heavy atom. The van der Waals surface area contributed by atoms with Gasteiger partial charge in [-0.3, -0.25) is 9.36 Å². The highest BCUT2D eigenvalue weighted by Gasteiger charge is 2.40. The molecule has 220 valence electrons. The molecule has 3 unspecified atom stereocenters. The number of ether oxygens (including phenoxy) is 2. The van der Waals surface area contributed by atoms with Crippen LogP contribution in [0.5, 0.6) is 5.75 Å². The average Bonchev–Trinajstić information content (AvgIpc) is 2.82. The first-order valence-electron chi connectivity index (χ1n) is 14.2. The van der Waals surface area contributed by atoms with Gasteiger partial charge < -0.3 is 28.5 Å². The predicted octanol–water partition coefficient (Wildman–Crippen LogP) is 5.45. The van der Waals surface area contributed by atoms with Crippen molar-refractivity contribution in [3.63, 3.8) is 0 Å². The van der Waals surface area contributed by atoms with Crippen molar-refractivity contribution in [3.05, 3.63) is 29.8 Å². The van der Waals surface area contributed by atoms with Gasteiger partial charge in [-0.2, -0.15) is 0 Å². The Morgan fingerprint density at radius 3 is 2.11 bits per heavy atom.